The van der Waals surface area contributed by atoms with Crippen molar-refractivity contribution in [1.29, 1.82) is 5.26 Å². The number of nitriles is 1. The van der Waals surface area contributed by atoms with Gasteiger partial charge in [-0.05, 0) is 88.4 Å². The van der Waals surface area contributed by atoms with E-state index in [1.54, 1.807) is 17.0 Å². The molecule has 1 saturated heterocycles. The van der Waals surface area contributed by atoms with Gasteiger partial charge in [-0.1, -0.05) is 0 Å². The van der Waals surface area contributed by atoms with Crippen LogP contribution in [-0.2, 0) is 9.53 Å². The zero-order valence-corrected chi connectivity index (χ0v) is 20.6. The third-order valence-corrected chi connectivity index (χ3v) is 5.96. The van der Waals surface area contributed by atoms with Crippen LogP contribution in [0.15, 0.2) is 40.8 Å². The highest BCUT2D eigenvalue weighted by molar-refractivity contribution is 5.91. The lowest BCUT2D eigenvalue weighted by Gasteiger charge is -2.33. The average molecular weight is 475 g/mol. The van der Waals surface area contributed by atoms with Crippen molar-refractivity contribution >= 4 is 28.8 Å². The van der Waals surface area contributed by atoms with E-state index in [2.05, 4.69) is 16.4 Å². The topological polar surface area (TPSA) is 108 Å². The van der Waals surface area contributed by atoms with Crippen LogP contribution < -0.4 is 5.32 Å². The Hall–Kier alpha value is -3.86. The summed E-state index contributed by atoms with van der Waals surface area (Å²) in [5.41, 5.74) is 3.68. The Labute approximate surface area is 204 Å². The maximum atomic E-state index is 12.6. The van der Waals surface area contributed by atoms with Crippen LogP contribution in [-0.4, -0.2) is 40.6 Å². The molecule has 2 heterocycles. The van der Waals surface area contributed by atoms with Crippen LogP contribution in [0.2, 0.25) is 0 Å². The molecule has 1 N–H and O–H groups in total. The van der Waals surface area contributed by atoms with Crippen LogP contribution in [0.25, 0.3) is 22.6 Å². The predicted molar refractivity (Wildman–Crippen MR) is 133 cm³/mol. The molecule has 0 spiro atoms. The second kappa shape index (κ2) is 9.79. The Morgan fingerprint density at radius 2 is 1.89 bits per heavy atom. The Bertz CT molecular complexity index is 1270. The van der Waals surface area contributed by atoms with Crippen LogP contribution in [0.4, 0.5) is 10.5 Å². The molecule has 0 unspecified atom stereocenters. The number of fused-ring (bicyclic) bond motifs is 1. The summed E-state index contributed by atoms with van der Waals surface area (Å²) in [7, 11) is 0. The molecular formula is C27H30N4O4. The van der Waals surface area contributed by atoms with Gasteiger partial charge in [-0.2, -0.15) is 5.26 Å². The Kier molecular flexibility index (Phi) is 6.79. The third-order valence-electron chi connectivity index (χ3n) is 5.96. The highest BCUT2D eigenvalue weighted by Gasteiger charge is 2.27. The molecule has 0 saturated carbocycles. The second-order valence-electron chi connectivity index (χ2n) is 10.0. The summed E-state index contributed by atoms with van der Waals surface area (Å²) in [6, 6.07) is 13.0. The molecule has 4 rings (SSSR count). The molecule has 0 bridgehead atoms. The van der Waals surface area contributed by atoms with Crippen LogP contribution in [0, 0.1) is 24.2 Å². The van der Waals surface area contributed by atoms with Gasteiger partial charge in [0.2, 0.25) is 11.8 Å². The minimum Gasteiger partial charge on any atom is -0.444 e. The lowest BCUT2D eigenvalue weighted by molar-refractivity contribution is -0.117. The van der Waals surface area contributed by atoms with Crippen LogP contribution in [0.5, 0.6) is 0 Å². The number of carbonyl (C=O) groups is 2. The fourth-order valence-corrected chi connectivity index (χ4v) is 4.20. The standard InChI is InChI=1S/C27H30N4O4/c1-17-13-19(16-28)14-22-24(17)34-25(30-22)20-5-7-21(8-6-20)29-23(32)15-18-9-11-31(12-10-18)26(33)35-27(2,3)4/h5-8,13-14,18H,9-12,15H2,1-4H3,(H,29,32). The third kappa shape index (κ3) is 5.99. The summed E-state index contributed by atoms with van der Waals surface area (Å²) in [4.78, 5) is 31.0. The maximum Gasteiger partial charge on any atom is 0.410 e. The van der Waals surface area contributed by atoms with Gasteiger partial charge in [-0.15, -0.1) is 0 Å². The number of carbonyl (C=O) groups excluding carboxylic acids is 2. The van der Waals surface area contributed by atoms with Gasteiger partial charge in [0.05, 0.1) is 11.6 Å². The molecule has 1 aliphatic heterocycles. The second-order valence-corrected chi connectivity index (χ2v) is 10.0. The summed E-state index contributed by atoms with van der Waals surface area (Å²) in [6.07, 6.45) is 1.67. The van der Waals surface area contributed by atoms with E-state index < -0.39 is 5.60 Å². The van der Waals surface area contributed by atoms with Gasteiger partial charge in [0.1, 0.15) is 11.1 Å². The van der Waals surface area contributed by atoms with Crippen molar-refractivity contribution < 1.29 is 18.7 Å². The highest BCUT2D eigenvalue weighted by atomic mass is 16.6. The monoisotopic (exact) mass is 474 g/mol. The number of hydrogen-bond donors (Lipinski definition) is 1. The molecule has 0 atom stereocenters. The SMILES string of the molecule is Cc1cc(C#N)cc2nc(-c3ccc(NC(=O)CC4CCN(C(=O)OC(C)(C)C)CC4)cc3)oc12. The molecule has 0 aliphatic carbocycles. The number of oxazole rings is 1. The van der Waals surface area contributed by atoms with Crippen molar-refractivity contribution in [3.05, 3.63) is 47.5 Å². The first kappa shape index (κ1) is 24.3. The molecular weight excluding hydrogens is 444 g/mol. The van der Waals surface area contributed by atoms with Gasteiger partial charge >= 0.3 is 6.09 Å². The van der Waals surface area contributed by atoms with Gasteiger partial charge < -0.3 is 19.4 Å². The number of piperidine rings is 1. The minimum atomic E-state index is -0.510. The summed E-state index contributed by atoms with van der Waals surface area (Å²) >= 11 is 0. The van der Waals surface area contributed by atoms with Gasteiger partial charge in [-0.3, -0.25) is 4.79 Å². The number of hydrogen-bond acceptors (Lipinski definition) is 6. The van der Waals surface area contributed by atoms with E-state index in [4.69, 9.17) is 14.4 Å². The fraction of sp³-hybridized carbons (Fsp3) is 0.407. The maximum absolute atomic E-state index is 12.6. The summed E-state index contributed by atoms with van der Waals surface area (Å²) < 4.78 is 11.3. The smallest absolute Gasteiger partial charge is 0.410 e. The Morgan fingerprint density at radius 3 is 2.51 bits per heavy atom. The van der Waals surface area contributed by atoms with E-state index in [9.17, 15) is 9.59 Å². The summed E-state index contributed by atoms with van der Waals surface area (Å²) in [5, 5.41) is 12.1. The number of benzene rings is 2. The normalized spacial score (nSPS) is 14.5. The van der Waals surface area contributed by atoms with Crippen LogP contribution in [0.1, 0.15) is 51.2 Å². The van der Waals surface area contributed by atoms with Crippen molar-refractivity contribution in [2.24, 2.45) is 5.92 Å². The van der Waals surface area contributed by atoms with Gasteiger partial charge in [0, 0.05) is 30.8 Å². The van der Waals surface area contributed by atoms with E-state index in [1.807, 2.05) is 52.0 Å². The highest BCUT2D eigenvalue weighted by Crippen LogP contribution is 2.28. The molecule has 1 fully saturated rings. The average Bonchev–Trinajstić information content (AvgIpc) is 3.23. The van der Waals surface area contributed by atoms with Gasteiger partial charge in [-0.25, -0.2) is 9.78 Å². The van der Waals surface area contributed by atoms with Crippen molar-refractivity contribution in [2.75, 3.05) is 18.4 Å². The number of aryl methyl sites for hydroxylation is 1. The lowest BCUT2D eigenvalue weighted by atomic mass is 9.93. The molecule has 182 valence electrons. The first-order valence-electron chi connectivity index (χ1n) is 11.8. The van der Waals surface area contributed by atoms with Crippen molar-refractivity contribution in [2.45, 2.75) is 52.6 Å². The number of nitrogens with zero attached hydrogens (tertiary/aromatic N) is 3. The molecule has 3 aromatic rings. The Balaban J connectivity index is 1.31. The summed E-state index contributed by atoms with van der Waals surface area (Å²) in [6.45, 7) is 8.65. The van der Waals surface area contributed by atoms with Crippen LogP contribution >= 0.6 is 0 Å². The summed E-state index contributed by atoms with van der Waals surface area (Å²) in [5.74, 6) is 0.650. The van der Waals surface area contributed by atoms with E-state index in [-0.39, 0.29) is 17.9 Å². The van der Waals surface area contributed by atoms with E-state index in [0.717, 1.165) is 24.0 Å². The number of ether oxygens (including phenoxy) is 1. The van der Waals surface area contributed by atoms with Crippen LogP contribution in [0.3, 0.4) is 0 Å². The van der Waals surface area contributed by atoms with E-state index >= 15 is 0 Å². The molecule has 1 aromatic heterocycles. The van der Waals surface area contributed by atoms with E-state index in [1.165, 1.54) is 0 Å². The first-order valence-corrected chi connectivity index (χ1v) is 11.8. The predicted octanol–water partition coefficient (Wildman–Crippen LogP) is 5.65. The number of amides is 2. The number of anilines is 1. The molecule has 2 amide bonds. The minimum absolute atomic E-state index is 0.0463. The number of likely N-dealkylation sites (tertiary alicyclic amines) is 1. The van der Waals surface area contributed by atoms with E-state index in [0.29, 0.717) is 47.8 Å². The largest absolute Gasteiger partial charge is 0.444 e. The van der Waals surface area contributed by atoms with Gasteiger partial charge in [0.25, 0.3) is 0 Å². The fourth-order valence-electron chi connectivity index (χ4n) is 4.20. The molecule has 2 aromatic carbocycles. The van der Waals surface area contributed by atoms with Gasteiger partial charge in [0.15, 0.2) is 5.58 Å². The number of aromatic nitrogens is 1. The molecule has 1 aliphatic rings. The molecule has 0 radical (unpaired) electrons. The number of nitrogens with one attached hydrogen (secondary N) is 1. The zero-order chi connectivity index (χ0) is 25.2. The number of rotatable bonds is 4. The first-order chi connectivity index (χ1) is 16.6. The lowest BCUT2D eigenvalue weighted by Crippen LogP contribution is -2.42. The molecule has 35 heavy (non-hydrogen) atoms. The zero-order valence-electron chi connectivity index (χ0n) is 20.6. The van der Waals surface area contributed by atoms with Crippen molar-refractivity contribution in [1.82, 2.24) is 9.88 Å². The molecule has 8 nitrogen and oxygen atoms in total. The molecule has 8 heteroatoms. The van der Waals surface area contributed by atoms with Crippen molar-refractivity contribution in [3.63, 3.8) is 0 Å². The quantitative estimate of drug-likeness (QED) is 0.523. The van der Waals surface area contributed by atoms with Crippen molar-refractivity contribution in [3.8, 4) is 17.5 Å². The Morgan fingerprint density at radius 1 is 1.20 bits per heavy atom.